The van der Waals surface area contributed by atoms with Crippen LogP contribution < -0.4 is 5.73 Å². The minimum Gasteiger partial charge on any atom is -0.324 e. The van der Waals surface area contributed by atoms with Gasteiger partial charge in [-0.3, -0.25) is 0 Å². The summed E-state index contributed by atoms with van der Waals surface area (Å²) < 4.78 is 38.8. The lowest BCUT2D eigenvalue weighted by Crippen LogP contribution is -2.13. The molecule has 0 saturated heterocycles. The van der Waals surface area contributed by atoms with Gasteiger partial charge in [0.05, 0.1) is 0 Å². The van der Waals surface area contributed by atoms with Gasteiger partial charge in [-0.05, 0) is 41.8 Å². The Morgan fingerprint density at radius 3 is 2.39 bits per heavy atom. The van der Waals surface area contributed by atoms with E-state index in [-0.39, 0.29) is 5.82 Å². The summed E-state index contributed by atoms with van der Waals surface area (Å²) in [6.07, 6.45) is 0.320. The van der Waals surface area contributed by atoms with Crippen LogP contribution in [0.2, 0.25) is 0 Å². The van der Waals surface area contributed by atoms with Crippen LogP contribution in [0.25, 0.3) is 0 Å². The molecule has 94 valence electrons. The molecule has 1 unspecified atom stereocenters. The van der Waals surface area contributed by atoms with E-state index in [2.05, 4.69) is 0 Å². The summed E-state index contributed by atoms with van der Waals surface area (Å²) in [5, 5.41) is 0. The molecule has 0 aliphatic rings. The van der Waals surface area contributed by atoms with Crippen molar-refractivity contribution in [3.63, 3.8) is 0 Å². The number of hydrogen-bond donors (Lipinski definition) is 1. The smallest absolute Gasteiger partial charge is 0.159 e. The molecule has 0 saturated carbocycles. The molecule has 0 fully saturated rings. The molecule has 0 spiro atoms. The minimum absolute atomic E-state index is 0.320. The molecule has 0 amide bonds. The summed E-state index contributed by atoms with van der Waals surface area (Å²) in [5.41, 5.74) is 7.10. The number of hydrogen-bond acceptors (Lipinski definition) is 1. The van der Waals surface area contributed by atoms with E-state index in [1.165, 1.54) is 18.2 Å². The molecular formula is C14H12F3N. The highest BCUT2D eigenvalue weighted by Crippen LogP contribution is 2.18. The van der Waals surface area contributed by atoms with E-state index in [1.54, 1.807) is 12.1 Å². The van der Waals surface area contributed by atoms with Crippen LogP contribution in [-0.2, 0) is 6.42 Å². The van der Waals surface area contributed by atoms with Gasteiger partial charge in [-0.25, -0.2) is 13.2 Å². The van der Waals surface area contributed by atoms with Gasteiger partial charge >= 0.3 is 0 Å². The molecule has 4 heteroatoms. The molecule has 0 aromatic heterocycles. The van der Waals surface area contributed by atoms with E-state index in [4.69, 9.17) is 5.73 Å². The van der Waals surface area contributed by atoms with E-state index in [1.807, 2.05) is 0 Å². The fraction of sp³-hybridized carbons (Fsp3) is 0.143. The van der Waals surface area contributed by atoms with Crippen LogP contribution >= 0.6 is 0 Å². The Hall–Kier alpha value is -1.81. The quantitative estimate of drug-likeness (QED) is 0.889. The van der Waals surface area contributed by atoms with Gasteiger partial charge in [0.25, 0.3) is 0 Å². The second kappa shape index (κ2) is 5.23. The van der Waals surface area contributed by atoms with Crippen LogP contribution in [0.15, 0.2) is 42.5 Å². The average Bonchev–Trinajstić information content (AvgIpc) is 2.34. The Labute approximate surface area is 103 Å². The lowest BCUT2D eigenvalue weighted by atomic mass is 9.99. The number of benzene rings is 2. The fourth-order valence-corrected chi connectivity index (χ4v) is 1.78. The Morgan fingerprint density at radius 1 is 0.944 bits per heavy atom. The molecule has 2 aromatic carbocycles. The van der Waals surface area contributed by atoms with Crippen LogP contribution in [0, 0.1) is 17.5 Å². The van der Waals surface area contributed by atoms with Crippen molar-refractivity contribution in [2.24, 2.45) is 5.73 Å². The summed E-state index contributed by atoms with van der Waals surface area (Å²) in [5.74, 6) is -2.16. The van der Waals surface area contributed by atoms with E-state index >= 15 is 0 Å². The van der Waals surface area contributed by atoms with Gasteiger partial charge in [0.1, 0.15) is 5.82 Å². The zero-order valence-corrected chi connectivity index (χ0v) is 9.54. The monoisotopic (exact) mass is 251 g/mol. The van der Waals surface area contributed by atoms with Crippen LogP contribution in [0.4, 0.5) is 13.2 Å². The topological polar surface area (TPSA) is 26.0 Å². The molecule has 1 atom stereocenters. The first-order chi connectivity index (χ1) is 8.56. The largest absolute Gasteiger partial charge is 0.324 e. The van der Waals surface area contributed by atoms with E-state index in [0.29, 0.717) is 17.5 Å². The molecule has 2 aromatic rings. The van der Waals surface area contributed by atoms with Gasteiger partial charge in [0.2, 0.25) is 0 Å². The van der Waals surface area contributed by atoms with Gasteiger partial charge in [-0.15, -0.1) is 0 Å². The van der Waals surface area contributed by atoms with Crippen LogP contribution in [-0.4, -0.2) is 0 Å². The van der Waals surface area contributed by atoms with E-state index < -0.39 is 17.7 Å². The number of halogens is 3. The highest BCUT2D eigenvalue weighted by molar-refractivity contribution is 5.24. The van der Waals surface area contributed by atoms with Crippen molar-refractivity contribution in [2.75, 3.05) is 0 Å². The summed E-state index contributed by atoms with van der Waals surface area (Å²) in [6.45, 7) is 0. The molecule has 2 rings (SSSR count). The normalized spacial score (nSPS) is 12.4. The zero-order valence-electron chi connectivity index (χ0n) is 9.54. The Kier molecular flexibility index (Phi) is 3.67. The summed E-state index contributed by atoms with van der Waals surface area (Å²) in [7, 11) is 0. The van der Waals surface area contributed by atoms with Crippen LogP contribution in [0.3, 0.4) is 0 Å². The standard InChI is InChI=1S/C14H12F3N/c15-11-3-1-2-10(8-11)14(18)7-9-4-5-12(16)13(17)6-9/h1-6,8,14H,7,18H2. The maximum Gasteiger partial charge on any atom is 0.159 e. The van der Waals surface area contributed by atoms with Crippen molar-refractivity contribution >= 4 is 0 Å². The summed E-state index contributed by atoms with van der Waals surface area (Å²) in [4.78, 5) is 0. The predicted octanol–water partition coefficient (Wildman–Crippen LogP) is 3.35. The summed E-state index contributed by atoms with van der Waals surface area (Å²) in [6, 6.07) is 9.11. The Bertz CT molecular complexity index is 554. The molecule has 0 aliphatic carbocycles. The summed E-state index contributed by atoms with van der Waals surface area (Å²) >= 11 is 0. The molecule has 0 bridgehead atoms. The van der Waals surface area contributed by atoms with Crippen molar-refractivity contribution in [3.8, 4) is 0 Å². The maximum atomic E-state index is 13.0. The van der Waals surface area contributed by atoms with Crippen molar-refractivity contribution in [1.82, 2.24) is 0 Å². The van der Waals surface area contributed by atoms with Gasteiger partial charge in [-0.2, -0.15) is 0 Å². The highest BCUT2D eigenvalue weighted by atomic mass is 19.2. The van der Waals surface area contributed by atoms with Crippen molar-refractivity contribution in [2.45, 2.75) is 12.5 Å². The van der Waals surface area contributed by atoms with E-state index in [9.17, 15) is 13.2 Å². The first kappa shape index (κ1) is 12.6. The zero-order chi connectivity index (χ0) is 13.1. The lowest BCUT2D eigenvalue weighted by Gasteiger charge is -2.12. The lowest BCUT2D eigenvalue weighted by molar-refractivity contribution is 0.506. The third-order valence-electron chi connectivity index (χ3n) is 2.72. The molecule has 18 heavy (non-hydrogen) atoms. The molecule has 0 radical (unpaired) electrons. The van der Waals surface area contributed by atoms with Crippen LogP contribution in [0.1, 0.15) is 17.2 Å². The van der Waals surface area contributed by atoms with Gasteiger partial charge in [0, 0.05) is 6.04 Å². The first-order valence-electron chi connectivity index (χ1n) is 5.51. The van der Waals surface area contributed by atoms with Gasteiger partial charge in [-0.1, -0.05) is 18.2 Å². The maximum absolute atomic E-state index is 13.0. The highest BCUT2D eigenvalue weighted by Gasteiger charge is 2.10. The molecule has 0 aliphatic heterocycles. The molecular weight excluding hydrogens is 239 g/mol. The molecule has 0 heterocycles. The number of rotatable bonds is 3. The van der Waals surface area contributed by atoms with Crippen molar-refractivity contribution in [3.05, 3.63) is 71.0 Å². The van der Waals surface area contributed by atoms with Crippen molar-refractivity contribution < 1.29 is 13.2 Å². The predicted molar refractivity (Wildman–Crippen MR) is 63.4 cm³/mol. The second-order valence-electron chi connectivity index (χ2n) is 4.11. The third-order valence-corrected chi connectivity index (χ3v) is 2.72. The first-order valence-corrected chi connectivity index (χ1v) is 5.51. The van der Waals surface area contributed by atoms with Gasteiger partial charge in [0.15, 0.2) is 11.6 Å². The van der Waals surface area contributed by atoms with Crippen molar-refractivity contribution in [1.29, 1.82) is 0 Å². The molecule has 1 nitrogen and oxygen atoms in total. The molecule has 2 N–H and O–H groups in total. The second-order valence-corrected chi connectivity index (χ2v) is 4.11. The SMILES string of the molecule is NC(Cc1ccc(F)c(F)c1)c1cccc(F)c1. The fourth-order valence-electron chi connectivity index (χ4n) is 1.78. The number of nitrogens with two attached hydrogens (primary N) is 1. The minimum atomic E-state index is -0.904. The van der Waals surface area contributed by atoms with Gasteiger partial charge < -0.3 is 5.73 Å². The van der Waals surface area contributed by atoms with E-state index in [0.717, 1.165) is 12.1 Å². The van der Waals surface area contributed by atoms with Crippen LogP contribution in [0.5, 0.6) is 0 Å². The Balaban J connectivity index is 2.16. The average molecular weight is 251 g/mol. The third kappa shape index (κ3) is 2.90. The Morgan fingerprint density at radius 2 is 1.72 bits per heavy atom.